The lowest BCUT2D eigenvalue weighted by Gasteiger charge is -2.33. The summed E-state index contributed by atoms with van der Waals surface area (Å²) in [6.07, 6.45) is 5.51. The van der Waals surface area contributed by atoms with Crippen LogP contribution in [0.4, 0.5) is 10.5 Å². The number of carbonyl (C=O) groups excluding carboxylic acids is 2. The first-order valence-electron chi connectivity index (χ1n) is 13.0. The maximum atomic E-state index is 12.9. The summed E-state index contributed by atoms with van der Waals surface area (Å²) in [7, 11) is 0. The number of nitrogens with zero attached hydrogens (tertiary/aromatic N) is 2. The number of piperidine rings is 1. The highest BCUT2D eigenvalue weighted by atomic mass is 16.5. The minimum atomic E-state index is -0.0919. The van der Waals surface area contributed by atoms with Gasteiger partial charge in [0.1, 0.15) is 5.75 Å². The molecule has 0 radical (unpaired) electrons. The van der Waals surface area contributed by atoms with Gasteiger partial charge in [-0.3, -0.25) is 4.79 Å². The number of amides is 3. The number of nitrogens with one attached hydrogen (secondary N) is 2. The molecule has 2 aliphatic heterocycles. The first-order chi connectivity index (χ1) is 17.1. The van der Waals surface area contributed by atoms with Crippen LogP contribution >= 0.6 is 0 Å². The molecule has 7 heteroatoms. The van der Waals surface area contributed by atoms with Gasteiger partial charge in [-0.2, -0.15) is 0 Å². The van der Waals surface area contributed by atoms with Crippen LogP contribution in [0, 0.1) is 0 Å². The summed E-state index contributed by atoms with van der Waals surface area (Å²) in [5, 5.41) is 6.07. The van der Waals surface area contributed by atoms with Crippen LogP contribution in [0.5, 0.6) is 5.75 Å². The van der Waals surface area contributed by atoms with Gasteiger partial charge in [-0.05, 0) is 101 Å². The van der Waals surface area contributed by atoms with Crippen LogP contribution in [0.15, 0.2) is 48.5 Å². The monoisotopic (exact) mass is 478 g/mol. The van der Waals surface area contributed by atoms with Gasteiger partial charge in [0.2, 0.25) is 0 Å². The molecule has 0 aromatic heterocycles. The molecular weight excluding hydrogens is 440 g/mol. The van der Waals surface area contributed by atoms with Gasteiger partial charge in [-0.25, -0.2) is 4.79 Å². The smallest absolute Gasteiger partial charge is 0.321 e. The van der Waals surface area contributed by atoms with Crippen molar-refractivity contribution in [1.82, 2.24) is 15.1 Å². The third kappa shape index (κ3) is 7.21. The van der Waals surface area contributed by atoms with Gasteiger partial charge in [0, 0.05) is 36.8 Å². The average molecular weight is 479 g/mol. The number of ether oxygens (including phenoxy) is 1. The van der Waals surface area contributed by atoms with Gasteiger partial charge in [0.25, 0.3) is 5.91 Å². The molecule has 0 unspecified atom stereocenters. The van der Waals surface area contributed by atoms with Gasteiger partial charge in [-0.1, -0.05) is 12.1 Å². The molecule has 2 aromatic rings. The third-order valence-corrected chi connectivity index (χ3v) is 6.88. The predicted octanol–water partition coefficient (Wildman–Crippen LogP) is 4.71. The maximum absolute atomic E-state index is 12.9. The topological polar surface area (TPSA) is 73.9 Å². The zero-order valence-electron chi connectivity index (χ0n) is 20.8. The van der Waals surface area contributed by atoms with Crippen molar-refractivity contribution in [3.8, 4) is 5.75 Å². The molecule has 2 aromatic carbocycles. The van der Waals surface area contributed by atoms with E-state index < -0.39 is 0 Å². The average Bonchev–Trinajstić information content (AvgIpc) is 3.42. The fourth-order valence-corrected chi connectivity index (χ4v) is 4.98. The maximum Gasteiger partial charge on any atom is 0.321 e. The Labute approximate surface area is 208 Å². The number of benzene rings is 2. The largest absolute Gasteiger partial charge is 0.494 e. The highest BCUT2D eigenvalue weighted by molar-refractivity contribution is 5.94. The fourth-order valence-electron chi connectivity index (χ4n) is 4.98. The van der Waals surface area contributed by atoms with E-state index in [1.165, 1.54) is 25.9 Å². The Morgan fingerprint density at radius 3 is 2.60 bits per heavy atom. The summed E-state index contributed by atoms with van der Waals surface area (Å²) in [5.41, 5.74) is 2.57. The molecule has 0 spiro atoms. The molecular formula is C28H38N4O3. The van der Waals surface area contributed by atoms with Gasteiger partial charge < -0.3 is 25.2 Å². The van der Waals surface area contributed by atoms with Crippen molar-refractivity contribution in [3.63, 3.8) is 0 Å². The van der Waals surface area contributed by atoms with Crippen LogP contribution < -0.4 is 15.4 Å². The molecule has 188 valence electrons. The molecule has 2 N–H and O–H groups in total. The molecule has 1 atom stereocenters. The van der Waals surface area contributed by atoms with E-state index in [9.17, 15) is 9.59 Å². The molecule has 2 heterocycles. The van der Waals surface area contributed by atoms with E-state index in [1.54, 1.807) is 0 Å². The lowest BCUT2D eigenvalue weighted by molar-refractivity contribution is 0.0951. The Balaban J connectivity index is 1.28. The quantitative estimate of drug-likeness (QED) is 0.512. The minimum absolute atomic E-state index is 0.0193. The summed E-state index contributed by atoms with van der Waals surface area (Å²) in [6.45, 7) is 8.06. The summed E-state index contributed by atoms with van der Waals surface area (Å²) in [5.74, 6) is 0.992. The van der Waals surface area contributed by atoms with E-state index in [1.807, 2.05) is 54.3 Å². The summed E-state index contributed by atoms with van der Waals surface area (Å²) < 4.78 is 5.47. The second-order valence-corrected chi connectivity index (χ2v) is 9.46. The van der Waals surface area contributed by atoms with Crippen LogP contribution in [0.1, 0.15) is 60.9 Å². The number of urea groups is 1. The fraction of sp³-hybridized carbons (Fsp3) is 0.500. The lowest BCUT2D eigenvalue weighted by Crippen LogP contribution is -2.41. The molecule has 0 bridgehead atoms. The van der Waals surface area contributed by atoms with Crippen LogP contribution in [0.2, 0.25) is 0 Å². The number of rotatable bonds is 9. The van der Waals surface area contributed by atoms with Crippen molar-refractivity contribution in [1.29, 1.82) is 0 Å². The van der Waals surface area contributed by atoms with E-state index in [0.29, 0.717) is 25.3 Å². The molecule has 2 aliphatic rings. The number of hydrogen-bond donors (Lipinski definition) is 2. The Kier molecular flexibility index (Phi) is 9.01. The molecule has 7 nitrogen and oxygen atoms in total. The zero-order chi connectivity index (χ0) is 24.5. The number of likely N-dealkylation sites (tertiary alicyclic amines) is 2. The minimum Gasteiger partial charge on any atom is -0.494 e. The van der Waals surface area contributed by atoms with Crippen LogP contribution in [-0.4, -0.2) is 67.6 Å². The standard InChI is InChI=1S/C28H38N4O3/c1-2-35-26-13-11-25(12-14-26)30-28(34)32-19-6-10-24(21-32)22-8-5-9-23(20-22)27(33)29-15-7-18-31-16-3-4-17-31/h5,8-9,11-14,20,24H,2-4,6-7,10,15-19,21H2,1H3,(H,29,33)(H,30,34)/t24-/m1/s1. The molecule has 0 saturated carbocycles. The number of carbonyl (C=O) groups is 2. The van der Waals surface area contributed by atoms with E-state index in [4.69, 9.17) is 4.74 Å². The van der Waals surface area contributed by atoms with Crippen molar-refractivity contribution < 1.29 is 14.3 Å². The van der Waals surface area contributed by atoms with E-state index in [-0.39, 0.29) is 17.9 Å². The highest BCUT2D eigenvalue weighted by Gasteiger charge is 2.25. The summed E-state index contributed by atoms with van der Waals surface area (Å²) in [4.78, 5) is 29.9. The molecule has 0 aliphatic carbocycles. The van der Waals surface area contributed by atoms with Crippen molar-refractivity contribution in [2.45, 2.75) is 44.9 Å². The van der Waals surface area contributed by atoms with Gasteiger partial charge in [-0.15, -0.1) is 0 Å². The molecule has 2 fully saturated rings. The number of hydrogen-bond acceptors (Lipinski definition) is 4. The second-order valence-electron chi connectivity index (χ2n) is 9.46. The van der Waals surface area contributed by atoms with E-state index >= 15 is 0 Å². The molecule has 4 rings (SSSR count). The second kappa shape index (κ2) is 12.6. The Morgan fingerprint density at radius 2 is 1.83 bits per heavy atom. The van der Waals surface area contributed by atoms with E-state index in [0.717, 1.165) is 49.4 Å². The van der Waals surface area contributed by atoms with Crippen LogP contribution in [0.25, 0.3) is 0 Å². The Hall–Kier alpha value is -3.06. The Bertz CT molecular complexity index is 972. The van der Waals surface area contributed by atoms with Gasteiger partial charge >= 0.3 is 6.03 Å². The molecule has 3 amide bonds. The van der Waals surface area contributed by atoms with Gasteiger partial charge in [0.15, 0.2) is 0 Å². The highest BCUT2D eigenvalue weighted by Crippen LogP contribution is 2.28. The first-order valence-corrected chi connectivity index (χ1v) is 13.0. The van der Waals surface area contributed by atoms with Crippen LogP contribution in [0.3, 0.4) is 0 Å². The zero-order valence-corrected chi connectivity index (χ0v) is 20.8. The number of anilines is 1. The van der Waals surface area contributed by atoms with Crippen molar-refractivity contribution in [2.75, 3.05) is 51.2 Å². The molecule has 2 saturated heterocycles. The third-order valence-electron chi connectivity index (χ3n) is 6.88. The first kappa shape index (κ1) is 25.0. The van der Waals surface area contributed by atoms with Crippen molar-refractivity contribution >= 4 is 17.6 Å². The van der Waals surface area contributed by atoms with Crippen molar-refractivity contribution in [3.05, 3.63) is 59.7 Å². The lowest BCUT2D eigenvalue weighted by atomic mass is 9.89. The normalized spacial score (nSPS) is 18.3. The van der Waals surface area contributed by atoms with E-state index in [2.05, 4.69) is 21.6 Å². The Morgan fingerprint density at radius 1 is 1.03 bits per heavy atom. The van der Waals surface area contributed by atoms with Gasteiger partial charge in [0.05, 0.1) is 6.61 Å². The van der Waals surface area contributed by atoms with Crippen LogP contribution in [-0.2, 0) is 0 Å². The summed E-state index contributed by atoms with van der Waals surface area (Å²) in [6, 6.07) is 15.2. The molecule has 35 heavy (non-hydrogen) atoms. The summed E-state index contributed by atoms with van der Waals surface area (Å²) >= 11 is 0. The SMILES string of the molecule is CCOc1ccc(NC(=O)N2CCC[C@@H](c3cccc(C(=O)NCCCN4CCCC4)c3)C2)cc1. The predicted molar refractivity (Wildman–Crippen MR) is 139 cm³/mol. The van der Waals surface area contributed by atoms with Crippen molar-refractivity contribution in [2.24, 2.45) is 0 Å².